The van der Waals surface area contributed by atoms with Gasteiger partial charge < -0.3 is 20.1 Å². The van der Waals surface area contributed by atoms with Gasteiger partial charge in [-0.2, -0.15) is 0 Å². The number of hydrogen-bond donors (Lipinski definition) is 2. The first-order chi connectivity index (χ1) is 10.4. The van der Waals surface area contributed by atoms with E-state index in [4.69, 9.17) is 9.47 Å². The Labute approximate surface area is 129 Å². The summed E-state index contributed by atoms with van der Waals surface area (Å²) in [4.78, 5) is 6.64. The fraction of sp³-hybridized carbons (Fsp3) is 0.933. The molecular weight excluding hydrogens is 268 g/mol. The number of aliphatic imine (C=N–C) groups is 1. The van der Waals surface area contributed by atoms with Crippen molar-refractivity contribution in [2.75, 3.05) is 66.2 Å². The van der Waals surface area contributed by atoms with Crippen molar-refractivity contribution in [3.05, 3.63) is 0 Å². The molecule has 1 aliphatic rings. The molecule has 6 heteroatoms. The minimum atomic E-state index is 0.817. The Kier molecular flexibility index (Phi) is 11.1. The lowest BCUT2D eigenvalue weighted by atomic mass is 10.4. The summed E-state index contributed by atoms with van der Waals surface area (Å²) in [6.07, 6.45) is 3.35. The molecule has 0 aromatic rings. The molecule has 21 heavy (non-hydrogen) atoms. The number of nitrogens with one attached hydrogen (secondary N) is 2. The molecule has 1 rings (SSSR count). The highest BCUT2D eigenvalue weighted by molar-refractivity contribution is 5.79. The summed E-state index contributed by atoms with van der Waals surface area (Å²) in [5.74, 6) is 0.872. The van der Waals surface area contributed by atoms with Gasteiger partial charge in [0.15, 0.2) is 5.96 Å². The predicted molar refractivity (Wildman–Crippen MR) is 87.0 cm³/mol. The molecule has 0 aromatic heterocycles. The van der Waals surface area contributed by atoms with Gasteiger partial charge in [0.25, 0.3) is 0 Å². The molecule has 0 saturated carbocycles. The Balaban J connectivity index is 1.96. The number of morpholine rings is 1. The number of hydrogen-bond acceptors (Lipinski definition) is 4. The number of unbranched alkanes of at least 4 members (excludes halogenated alkanes) is 1. The van der Waals surface area contributed by atoms with Crippen LogP contribution in [0, 0.1) is 0 Å². The van der Waals surface area contributed by atoms with Crippen molar-refractivity contribution >= 4 is 5.96 Å². The zero-order chi connectivity index (χ0) is 15.2. The molecule has 0 radical (unpaired) electrons. The maximum absolute atomic E-state index is 5.53. The van der Waals surface area contributed by atoms with Crippen LogP contribution in [-0.4, -0.2) is 77.1 Å². The Morgan fingerprint density at radius 3 is 2.57 bits per heavy atom. The highest BCUT2D eigenvalue weighted by atomic mass is 16.5. The molecule has 2 N–H and O–H groups in total. The van der Waals surface area contributed by atoms with Gasteiger partial charge in [-0.3, -0.25) is 9.89 Å². The van der Waals surface area contributed by atoms with Crippen LogP contribution in [0.5, 0.6) is 0 Å². The fourth-order valence-corrected chi connectivity index (χ4v) is 2.11. The second-order valence-electron chi connectivity index (χ2n) is 5.20. The molecule has 1 fully saturated rings. The van der Waals surface area contributed by atoms with Gasteiger partial charge in [-0.25, -0.2) is 0 Å². The molecule has 124 valence electrons. The van der Waals surface area contributed by atoms with Crippen LogP contribution in [0.1, 0.15) is 26.2 Å². The zero-order valence-electron chi connectivity index (χ0n) is 13.7. The highest BCUT2D eigenvalue weighted by Crippen LogP contribution is 1.94. The smallest absolute Gasteiger partial charge is 0.191 e. The van der Waals surface area contributed by atoms with Crippen molar-refractivity contribution < 1.29 is 9.47 Å². The van der Waals surface area contributed by atoms with E-state index in [1.807, 2.05) is 7.05 Å². The van der Waals surface area contributed by atoms with Crippen molar-refractivity contribution in [1.29, 1.82) is 0 Å². The molecule has 6 nitrogen and oxygen atoms in total. The minimum absolute atomic E-state index is 0.817. The summed E-state index contributed by atoms with van der Waals surface area (Å²) in [7, 11) is 1.81. The second-order valence-corrected chi connectivity index (χ2v) is 5.20. The van der Waals surface area contributed by atoms with Crippen molar-refractivity contribution in [1.82, 2.24) is 15.5 Å². The molecule has 1 saturated heterocycles. The van der Waals surface area contributed by atoms with Crippen LogP contribution in [0.4, 0.5) is 0 Å². The van der Waals surface area contributed by atoms with Gasteiger partial charge in [-0.1, -0.05) is 13.3 Å². The van der Waals surface area contributed by atoms with Gasteiger partial charge in [0.1, 0.15) is 0 Å². The van der Waals surface area contributed by atoms with Crippen molar-refractivity contribution in [2.45, 2.75) is 26.2 Å². The third-order valence-corrected chi connectivity index (χ3v) is 3.45. The lowest BCUT2D eigenvalue weighted by molar-refractivity contribution is 0.0389. The number of guanidine groups is 1. The van der Waals surface area contributed by atoms with E-state index in [0.29, 0.717) is 0 Å². The van der Waals surface area contributed by atoms with Crippen molar-refractivity contribution in [2.24, 2.45) is 4.99 Å². The molecule has 0 amide bonds. The quantitative estimate of drug-likeness (QED) is 0.353. The molecule has 0 aromatic carbocycles. The summed E-state index contributed by atoms with van der Waals surface area (Å²) in [6.45, 7) is 10.5. The first kappa shape index (κ1) is 18.2. The molecule has 0 spiro atoms. The van der Waals surface area contributed by atoms with Crippen LogP contribution in [0.15, 0.2) is 4.99 Å². The van der Waals surface area contributed by atoms with Crippen molar-refractivity contribution in [3.63, 3.8) is 0 Å². The van der Waals surface area contributed by atoms with Gasteiger partial charge >= 0.3 is 0 Å². The normalized spacial score (nSPS) is 17.0. The Morgan fingerprint density at radius 1 is 1.14 bits per heavy atom. The standard InChI is InChI=1S/C15H32N4O2/c1-3-4-11-20-12-5-6-17-15(16-2)18-7-8-19-9-13-21-14-10-19/h3-14H2,1-2H3,(H2,16,17,18). The maximum Gasteiger partial charge on any atom is 0.191 e. The van der Waals surface area contributed by atoms with E-state index in [-0.39, 0.29) is 0 Å². The summed E-state index contributed by atoms with van der Waals surface area (Å²) in [5, 5.41) is 6.66. The molecule has 1 aliphatic heterocycles. The molecule has 0 unspecified atom stereocenters. The molecule has 0 aliphatic carbocycles. The van der Waals surface area contributed by atoms with Crippen LogP contribution < -0.4 is 10.6 Å². The summed E-state index contributed by atoms with van der Waals surface area (Å²) < 4.78 is 10.9. The van der Waals surface area contributed by atoms with E-state index in [2.05, 4.69) is 27.4 Å². The number of rotatable bonds is 10. The van der Waals surface area contributed by atoms with Gasteiger partial charge in [0.05, 0.1) is 13.2 Å². The summed E-state index contributed by atoms with van der Waals surface area (Å²) >= 11 is 0. The van der Waals surface area contributed by atoms with E-state index < -0.39 is 0 Å². The molecule has 0 bridgehead atoms. The van der Waals surface area contributed by atoms with E-state index in [1.165, 1.54) is 6.42 Å². The monoisotopic (exact) mass is 300 g/mol. The first-order valence-corrected chi connectivity index (χ1v) is 8.19. The Hall–Kier alpha value is -0.850. The Bertz CT molecular complexity index is 268. The van der Waals surface area contributed by atoms with Crippen LogP contribution in [0.25, 0.3) is 0 Å². The highest BCUT2D eigenvalue weighted by Gasteiger charge is 2.09. The number of nitrogens with zero attached hydrogens (tertiary/aromatic N) is 2. The van der Waals surface area contributed by atoms with Crippen molar-refractivity contribution in [3.8, 4) is 0 Å². The van der Waals surface area contributed by atoms with Gasteiger partial charge in [0.2, 0.25) is 0 Å². The first-order valence-electron chi connectivity index (χ1n) is 8.19. The number of ether oxygens (including phenoxy) is 2. The van der Waals surface area contributed by atoms with Crippen LogP contribution in [0.2, 0.25) is 0 Å². The second kappa shape index (κ2) is 12.9. The minimum Gasteiger partial charge on any atom is -0.381 e. The van der Waals surface area contributed by atoms with Gasteiger partial charge in [0, 0.05) is 53.0 Å². The Morgan fingerprint density at radius 2 is 1.86 bits per heavy atom. The van der Waals surface area contributed by atoms with Crippen LogP contribution in [-0.2, 0) is 9.47 Å². The lowest BCUT2D eigenvalue weighted by Crippen LogP contribution is -2.44. The van der Waals surface area contributed by atoms with Crippen LogP contribution in [0.3, 0.4) is 0 Å². The molecular formula is C15H32N4O2. The fourth-order valence-electron chi connectivity index (χ4n) is 2.11. The van der Waals surface area contributed by atoms with E-state index >= 15 is 0 Å². The molecule has 0 atom stereocenters. The topological polar surface area (TPSA) is 58.1 Å². The predicted octanol–water partition coefficient (Wildman–Crippen LogP) is 0.690. The van der Waals surface area contributed by atoms with E-state index in [1.54, 1.807) is 0 Å². The maximum atomic E-state index is 5.53. The lowest BCUT2D eigenvalue weighted by Gasteiger charge is -2.26. The third-order valence-electron chi connectivity index (χ3n) is 3.45. The summed E-state index contributed by atoms with van der Waals surface area (Å²) in [6, 6.07) is 0. The summed E-state index contributed by atoms with van der Waals surface area (Å²) in [5.41, 5.74) is 0. The average molecular weight is 300 g/mol. The van der Waals surface area contributed by atoms with E-state index in [9.17, 15) is 0 Å². The zero-order valence-corrected chi connectivity index (χ0v) is 13.7. The van der Waals surface area contributed by atoms with Gasteiger partial charge in [-0.05, 0) is 12.8 Å². The van der Waals surface area contributed by atoms with E-state index in [0.717, 1.165) is 78.0 Å². The largest absolute Gasteiger partial charge is 0.381 e. The SMILES string of the molecule is CCCCOCCCNC(=NC)NCCN1CCOCC1. The van der Waals surface area contributed by atoms with Crippen LogP contribution >= 0.6 is 0 Å². The molecule has 1 heterocycles. The average Bonchev–Trinajstić information content (AvgIpc) is 2.53. The van der Waals surface area contributed by atoms with Gasteiger partial charge in [-0.15, -0.1) is 0 Å². The third kappa shape index (κ3) is 9.66.